The van der Waals surface area contributed by atoms with Gasteiger partial charge in [-0.3, -0.25) is 0 Å². The third kappa shape index (κ3) is 4.05. The highest BCUT2D eigenvalue weighted by atomic mass is 16.5. The summed E-state index contributed by atoms with van der Waals surface area (Å²) in [5.74, 6) is 0.974. The summed E-state index contributed by atoms with van der Waals surface area (Å²) in [4.78, 5) is 22.2. The Balaban J connectivity index is 1.62. The van der Waals surface area contributed by atoms with E-state index in [9.17, 15) is 4.79 Å². The summed E-state index contributed by atoms with van der Waals surface area (Å²) in [7, 11) is 0. The van der Waals surface area contributed by atoms with Crippen LogP contribution in [0, 0.1) is 6.92 Å². The Morgan fingerprint density at radius 3 is 2.69 bits per heavy atom. The molecule has 9 nitrogen and oxygen atoms in total. The van der Waals surface area contributed by atoms with Gasteiger partial charge in [0.05, 0.1) is 11.7 Å². The molecule has 3 aromatic rings. The van der Waals surface area contributed by atoms with Crippen LogP contribution in [0.1, 0.15) is 37.2 Å². The lowest BCUT2D eigenvalue weighted by Gasteiger charge is -2.23. The van der Waals surface area contributed by atoms with Gasteiger partial charge in [-0.05, 0) is 38.5 Å². The number of nitrogens with one attached hydrogen (secondary N) is 1. The average Bonchev–Trinajstić information content (AvgIpc) is 3.31. The van der Waals surface area contributed by atoms with Gasteiger partial charge in [-0.25, -0.2) is 14.5 Å². The molecule has 0 radical (unpaired) electrons. The summed E-state index contributed by atoms with van der Waals surface area (Å²) in [6.07, 6.45) is 3.12. The summed E-state index contributed by atoms with van der Waals surface area (Å²) in [6, 6.07) is 7.46. The minimum absolute atomic E-state index is 0.147. The van der Waals surface area contributed by atoms with Crippen LogP contribution in [0.4, 0.5) is 4.79 Å². The van der Waals surface area contributed by atoms with E-state index in [0.29, 0.717) is 18.3 Å². The molecule has 0 fully saturated rings. The van der Waals surface area contributed by atoms with Gasteiger partial charge in [0.1, 0.15) is 19.2 Å². The van der Waals surface area contributed by atoms with Crippen LogP contribution in [0.15, 0.2) is 41.4 Å². The van der Waals surface area contributed by atoms with Crippen molar-refractivity contribution in [2.45, 2.75) is 33.4 Å². The van der Waals surface area contributed by atoms with Crippen molar-refractivity contribution >= 4 is 6.03 Å². The highest BCUT2D eigenvalue weighted by Crippen LogP contribution is 2.16. The van der Waals surface area contributed by atoms with Gasteiger partial charge in [0.2, 0.25) is 5.89 Å². The quantitative estimate of drug-likeness (QED) is 0.727. The smallest absolute Gasteiger partial charge is 0.318 e. The highest BCUT2D eigenvalue weighted by molar-refractivity contribution is 5.74. The van der Waals surface area contributed by atoms with Gasteiger partial charge in [-0.2, -0.15) is 10.1 Å². The zero-order chi connectivity index (χ0) is 18.5. The van der Waals surface area contributed by atoms with E-state index >= 15 is 0 Å². The maximum atomic E-state index is 12.5. The van der Waals surface area contributed by atoms with Crippen molar-refractivity contribution in [1.82, 2.24) is 35.1 Å². The molecule has 2 aromatic heterocycles. The van der Waals surface area contributed by atoms with Crippen molar-refractivity contribution in [2.75, 3.05) is 6.54 Å². The summed E-state index contributed by atoms with van der Waals surface area (Å²) in [6.45, 7) is 6.40. The van der Waals surface area contributed by atoms with E-state index in [1.54, 1.807) is 22.8 Å². The Hall–Kier alpha value is -3.23. The van der Waals surface area contributed by atoms with Gasteiger partial charge in [0, 0.05) is 6.54 Å². The first-order valence-corrected chi connectivity index (χ1v) is 8.36. The molecule has 1 aromatic carbocycles. The van der Waals surface area contributed by atoms with E-state index in [4.69, 9.17) is 4.52 Å². The maximum Gasteiger partial charge on any atom is 0.318 e. The molecule has 2 heterocycles. The molecule has 0 aliphatic carbocycles. The van der Waals surface area contributed by atoms with Gasteiger partial charge in [0.15, 0.2) is 5.82 Å². The molecule has 0 aliphatic heterocycles. The van der Waals surface area contributed by atoms with Gasteiger partial charge >= 0.3 is 6.03 Å². The van der Waals surface area contributed by atoms with E-state index in [0.717, 1.165) is 11.3 Å². The standard InChI is InChI=1S/C17H21N7O2/c1-4-23(9-16-21-13(3)22-26-16)17(25)20-12(2)14-5-7-15(8-6-14)24-11-18-10-19-24/h5-8,10-12H,4,9H2,1-3H3,(H,20,25). The van der Waals surface area contributed by atoms with E-state index in [-0.39, 0.29) is 18.6 Å². The molecule has 1 unspecified atom stereocenters. The number of aromatic nitrogens is 5. The number of hydrogen-bond acceptors (Lipinski definition) is 6. The zero-order valence-corrected chi connectivity index (χ0v) is 15.0. The van der Waals surface area contributed by atoms with Crippen molar-refractivity contribution in [2.24, 2.45) is 0 Å². The molecular weight excluding hydrogens is 334 g/mol. The first-order valence-electron chi connectivity index (χ1n) is 8.36. The van der Waals surface area contributed by atoms with Crippen molar-refractivity contribution in [3.8, 4) is 5.69 Å². The van der Waals surface area contributed by atoms with Crippen LogP contribution < -0.4 is 5.32 Å². The van der Waals surface area contributed by atoms with Crippen molar-refractivity contribution in [1.29, 1.82) is 0 Å². The molecule has 1 atom stereocenters. The molecule has 136 valence electrons. The van der Waals surface area contributed by atoms with Crippen LogP contribution in [0.25, 0.3) is 5.69 Å². The van der Waals surface area contributed by atoms with Crippen molar-refractivity contribution in [3.63, 3.8) is 0 Å². The molecule has 0 saturated carbocycles. The Labute approximate surface area is 151 Å². The molecule has 0 saturated heterocycles. The Morgan fingerprint density at radius 1 is 1.35 bits per heavy atom. The molecule has 26 heavy (non-hydrogen) atoms. The minimum atomic E-state index is -0.184. The summed E-state index contributed by atoms with van der Waals surface area (Å²) < 4.78 is 6.77. The van der Waals surface area contributed by atoms with Crippen LogP contribution in [0.2, 0.25) is 0 Å². The van der Waals surface area contributed by atoms with Crippen LogP contribution in [-0.4, -0.2) is 42.4 Å². The van der Waals surface area contributed by atoms with E-state index < -0.39 is 0 Å². The molecule has 0 bridgehead atoms. The third-order valence-electron chi connectivity index (χ3n) is 3.98. The monoisotopic (exact) mass is 355 g/mol. The number of rotatable bonds is 6. The second kappa shape index (κ2) is 7.77. The van der Waals surface area contributed by atoms with Crippen LogP contribution >= 0.6 is 0 Å². The average molecular weight is 355 g/mol. The molecule has 3 rings (SSSR count). The molecule has 2 amide bonds. The second-order valence-corrected chi connectivity index (χ2v) is 5.85. The Kier molecular flexibility index (Phi) is 5.26. The lowest BCUT2D eigenvalue weighted by molar-refractivity contribution is 0.186. The summed E-state index contributed by atoms with van der Waals surface area (Å²) in [5.41, 5.74) is 1.90. The number of urea groups is 1. The third-order valence-corrected chi connectivity index (χ3v) is 3.98. The first kappa shape index (κ1) is 17.6. The number of aryl methyl sites for hydroxylation is 1. The number of carbonyl (C=O) groups excluding carboxylic acids is 1. The molecular formula is C17H21N7O2. The fourth-order valence-electron chi connectivity index (χ4n) is 2.51. The van der Waals surface area contributed by atoms with Crippen LogP contribution in [0.5, 0.6) is 0 Å². The predicted molar refractivity (Wildman–Crippen MR) is 93.4 cm³/mol. The molecule has 0 aliphatic rings. The van der Waals surface area contributed by atoms with Crippen LogP contribution in [0.3, 0.4) is 0 Å². The lowest BCUT2D eigenvalue weighted by Crippen LogP contribution is -2.40. The molecule has 9 heteroatoms. The second-order valence-electron chi connectivity index (χ2n) is 5.85. The van der Waals surface area contributed by atoms with Crippen molar-refractivity contribution < 1.29 is 9.32 Å². The van der Waals surface area contributed by atoms with Gasteiger partial charge < -0.3 is 14.7 Å². The Bertz CT molecular complexity index is 842. The van der Waals surface area contributed by atoms with Crippen LogP contribution in [-0.2, 0) is 6.54 Å². The SMILES string of the molecule is CCN(Cc1nc(C)no1)C(=O)NC(C)c1ccc(-n2cncn2)cc1. The topological polar surface area (TPSA) is 102 Å². The Morgan fingerprint density at radius 2 is 2.12 bits per heavy atom. The highest BCUT2D eigenvalue weighted by Gasteiger charge is 2.18. The number of hydrogen-bond donors (Lipinski definition) is 1. The number of carbonyl (C=O) groups is 1. The van der Waals surface area contributed by atoms with E-state index in [1.807, 2.05) is 38.1 Å². The number of nitrogens with zero attached hydrogens (tertiary/aromatic N) is 6. The minimum Gasteiger partial charge on any atom is -0.337 e. The largest absolute Gasteiger partial charge is 0.337 e. The van der Waals surface area contributed by atoms with E-state index in [1.165, 1.54) is 6.33 Å². The first-order chi connectivity index (χ1) is 12.6. The van der Waals surface area contributed by atoms with Gasteiger partial charge in [0.25, 0.3) is 0 Å². The maximum absolute atomic E-state index is 12.5. The number of benzene rings is 1. The van der Waals surface area contributed by atoms with Gasteiger partial charge in [-0.15, -0.1) is 0 Å². The van der Waals surface area contributed by atoms with Gasteiger partial charge in [-0.1, -0.05) is 17.3 Å². The number of amides is 2. The normalized spacial score (nSPS) is 12.0. The summed E-state index contributed by atoms with van der Waals surface area (Å²) in [5, 5.41) is 10.8. The zero-order valence-electron chi connectivity index (χ0n) is 15.0. The summed E-state index contributed by atoms with van der Waals surface area (Å²) >= 11 is 0. The van der Waals surface area contributed by atoms with E-state index in [2.05, 4.69) is 25.5 Å². The predicted octanol–water partition coefficient (Wildman–Crippen LogP) is 2.25. The van der Waals surface area contributed by atoms with Crippen molar-refractivity contribution in [3.05, 3.63) is 54.2 Å². The fourth-order valence-corrected chi connectivity index (χ4v) is 2.51. The molecule has 0 spiro atoms. The fraction of sp³-hybridized carbons (Fsp3) is 0.353. The molecule has 1 N–H and O–H groups in total. The lowest BCUT2D eigenvalue weighted by atomic mass is 10.1.